The minimum absolute atomic E-state index is 0.00566. The molecule has 0 bridgehead atoms. The molecule has 0 radical (unpaired) electrons. The predicted molar refractivity (Wildman–Crippen MR) is 160 cm³/mol. The van der Waals surface area contributed by atoms with Gasteiger partial charge in [-0.25, -0.2) is 0 Å². The van der Waals surface area contributed by atoms with E-state index in [-0.39, 0.29) is 24.6 Å². The molecule has 4 aromatic rings. The Morgan fingerprint density at radius 3 is 2.54 bits per heavy atom. The standard InChI is InChI=1S/C31H33N5O2S/c1-19-9-8-10-23(15-19)35-21(3)17-25(22(35)4)30-29(27-11-6-7-14-32-27)34-31(39)36(30)24-12-13-26(20(2)16-24)33-28(37)18-38-5/h6-17,29-30H,18H2,1-5H3,(H,33,37)(H,34,39)/t29-,30+/m1/s1. The molecule has 2 N–H and O–H groups in total. The molecule has 1 amide bonds. The van der Waals surface area contributed by atoms with Gasteiger partial charge in [-0.05, 0) is 105 Å². The summed E-state index contributed by atoms with van der Waals surface area (Å²) in [6, 6.07) is 22.5. The lowest BCUT2D eigenvalue weighted by Gasteiger charge is -2.29. The van der Waals surface area contributed by atoms with Crippen LogP contribution in [0.5, 0.6) is 0 Å². The van der Waals surface area contributed by atoms with Gasteiger partial charge in [0, 0.05) is 41.8 Å². The zero-order chi connectivity index (χ0) is 27.7. The van der Waals surface area contributed by atoms with Crippen molar-refractivity contribution in [3.63, 3.8) is 0 Å². The van der Waals surface area contributed by atoms with Crippen molar-refractivity contribution in [3.05, 3.63) is 107 Å². The molecule has 0 aliphatic carbocycles. The van der Waals surface area contributed by atoms with Crippen LogP contribution < -0.4 is 15.5 Å². The van der Waals surface area contributed by atoms with Crippen LogP contribution in [-0.2, 0) is 9.53 Å². The van der Waals surface area contributed by atoms with E-state index in [0.29, 0.717) is 5.11 Å². The van der Waals surface area contributed by atoms with Gasteiger partial charge in [0.25, 0.3) is 0 Å². The first-order valence-electron chi connectivity index (χ1n) is 12.9. The van der Waals surface area contributed by atoms with Crippen molar-refractivity contribution in [3.8, 4) is 5.69 Å². The van der Waals surface area contributed by atoms with Crippen LogP contribution in [0.25, 0.3) is 5.69 Å². The van der Waals surface area contributed by atoms with Crippen LogP contribution in [-0.4, -0.2) is 34.3 Å². The van der Waals surface area contributed by atoms with Crippen molar-refractivity contribution < 1.29 is 9.53 Å². The number of aryl methyl sites for hydroxylation is 3. The van der Waals surface area contributed by atoms with Crippen LogP contribution in [0, 0.1) is 27.7 Å². The topological polar surface area (TPSA) is 71.4 Å². The van der Waals surface area contributed by atoms with Crippen LogP contribution in [0.15, 0.2) is 72.9 Å². The van der Waals surface area contributed by atoms with Crippen molar-refractivity contribution in [2.24, 2.45) is 0 Å². The minimum atomic E-state index is -0.191. The molecule has 39 heavy (non-hydrogen) atoms. The molecule has 7 nitrogen and oxygen atoms in total. The fraction of sp³-hybridized carbons (Fsp3) is 0.258. The molecule has 5 rings (SSSR count). The Morgan fingerprint density at radius 2 is 1.85 bits per heavy atom. The first-order valence-corrected chi connectivity index (χ1v) is 13.3. The van der Waals surface area contributed by atoms with Crippen LogP contribution in [0.2, 0.25) is 0 Å². The summed E-state index contributed by atoms with van der Waals surface area (Å²) in [6.07, 6.45) is 1.82. The van der Waals surface area contributed by atoms with Gasteiger partial charge in [0.15, 0.2) is 5.11 Å². The maximum Gasteiger partial charge on any atom is 0.250 e. The number of rotatable bonds is 7. The van der Waals surface area contributed by atoms with E-state index in [9.17, 15) is 4.79 Å². The monoisotopic (exact) mass is 539 g/mol. The van der Waals surface area contributed by atoms with E-state index in [2.05, 4.69) is 77.3 Å². The maximum absolute atomic E-state index is 12.1. The van der Waals surface area contributed by atoms with Gasteiger partial charge in [0.05, 0.1) is 17.8 Å². The molecule has 2 aromatic heterocycles. The smallest absolute Gasteiger partial charge is 0.250 e. The Morgan fingerprint density at radius 1 is 1.03 bits per heavy atom. The number of benzene rings is 2. The molecule has 0 unspecified atom stereocenters. The van der Waals surface area contributed by atoms with E-state index in [1.54, 1.807) is 0 Å². The van der Waals surface area contributed by atoms with Crippen molar-refractivity contribution in [1.82, 2.24) is 14.9 Å². The van der Waals surface area contributed by atoms with Gasteiger partial charge in [-0.2, -0.15) is 0 Å². The zero-order valence-corrected chi connectivity index (χ0v) is 23.7. The van der Waals surface area contributed by atoms with Gasteiger partial charge in [0.1, 0.15) is 6.61 Å². The molecule has 1 saturated heterocycles. The lowest BCUT2D eigenvalue weighted by Crippen LogP contribution is -2.29. The third kappa shape index (κ3) is 5.17. The fourth-order valence-corrected chi connectivity index (χ4v) is 5.80. The summed E-state index contributed by atoms with van der Waals surface area (Å²) < 4.78 is 7.26. The van der Waals surface area contributed by atoms with Gasteiger partial charge >= 0.3 is 0 Å². The number of aromatic nitrogens is 2. The maximum atomic E-state index is 12.1. The van der Waals surface area contributed by atoms with E-state index in [4.69, 9.17) is 21.9 Å². The van der Waals surface area contributed by atoms with E-state index in [1.165, 1.54) is 18.2 Å². The van der Waals surface area contributed by atoms with Gasteiger partial charge in [-0.15, -0.1) is 0 Å². The average molecular weight is 540 g/mol. The first kappa shape index (κ1) is 26.6. The number of nitrogens with one attached hydrogen (secondary N) is 2. The number of carbonyl (C=O) groups is 1. The SMILES string of the molecule is COCC(=O)Nc1ccc(N2C(=S)N[C@H](c3ccccn3)[C@@H]2c2cc(C)n(-c3cccc(C)c3)c2C)cc1C. The van der Waals surface area contributed by atoms with Crippen LogP contribution in [0.4, 0.5) is 11.4 Å². The van der Waals surface area contributed by atoms with E-state index in [0.717, 1.165) is 39.7 Å². The summed E-state index contributed by atoms with van der Waals surface area (Å²) in [5.41, 5.74) is 9.38. The lowest BCUT2D eigenvalue weighted by molar-refractivity contribution is -0.119. The number of carbonyl (C=O) groups excluding carboxylic acids is 1. The normalized spacial score (nSPS) is 16.8. The molecule has 0 saturated carbocycles. The highest BCUT2D eigenvalue weighted by atomic mass is 32.1. The lowest BCUT2D eigenvalue weighted by atomic mass is 9.96. The second kappa shape index (κ2) is 11.0. The average Bonchev–Trinajstić information content (AvgIpc) is 3.40. The number of ether oxygens (including phenoxy) is 1. The van der Waals surface area contributed by atoms with E-state index < -0.39 is 0 Å². The number of hydrogen-bond acceptors (Lipinski definition) is 4. The number of methoxy groups -OCH3 is 1. The van der Waals surface area contributed by atoms with Crippen LogP contribution in [0.3, 0.4) is 0 Å². The van der Waals surface area contributed by atoms with Crippen molar-refractivity contribution in [2.75, 3.05) is 23.9 Å². The fourth-order valence-electron chi connectivity index (χ4n) is 5.46. The zero-order valence-electron chi connectivity index (χ0n) is 22.9. The first-order chi connectivity index (χ1) is 18.8. The van der Waals surface area contributed by atoms with Gasteiger partial charge in [-0.3, -0.25) is 9.78 Å². The number of anilines is 2. The largest absolute Gasteiger partial charge is 0.375 e. The van der Waals surface area contributed by atoms with Gasteiger partial charge in [0.2, 0.25) is 5.91 Å². The highest BCUT2D eigenvalue weighted by molar-refractivity contribution is 7.80. The summed E-state index contributed by atoms with van der Waals surface area (Å²) in [5, 5.41) is 7.10. The summed E-state index contributed by atoms with van der Waals surface area (Å²) in [6.45, 7) is 8.40. The van der Waals surface area contributed by atoms with E-state index >= 15 is 0 Å². The Labute approximate surface area is 234 Å². The molecular formula is C31H33N5O2S. The Balaban J connectivity index is 1.61. The van der Waals surface area contributed by atoms with Crippen LogP contribution in [0.1, 0.15) is 45.9 Å². The van der Waals surface area contributed by atoms with Crippen molar-refractivity contribution in [1.29, 1.82) is 0 Å². The molecule has 1 aliphatic heterocycles. The molecular weight excluding hydrogens is 506 g/mol. The number of pyridine rings is 1. The van der Waals surface area contributed by atoms with Crippen LogP contribution >= 0.6 is 12.2 Å². The highest BCUT2D eigenvalue weighted by Crippen LogP contribution is 2.44. The third-order valence-corrected chi connectivity index (χ3v) is 7.50. The van der Waals surface area contributed by atoms with Gasteiger partial charge in [-0.1, -0.05) is 18.2 Å². The molecule has 0 spiro atoms. The summed E-state index contributed by atoms with van der Waals surface area (Å²) in [5.74, 6) is -0.191. The molecule has 2 atom stereocenters. The third-order valence-electron chi connectivity index (χ3n) is 7.18. The molecule has 1 aliphatic rings. The molecule has 2 aromatic carbocycles. The quantitative estimate of drug-likeness (QED) is 0.286. The molecule has 8 heteroatoms. The highest BCUT2D eigenvalue weighted by Gasteiger charge is 2.42. The second-order valence-corrected chi connectivity index (χ2v) is 10.4. The number of hydrogen-bond donors (Lipinski definition) is 2. The summed E-state index contributed by atoms with van der Waals surface area (Å²) >= 11 is 5.94. The minimum Gasteiger partial charge on any atom is -0.375 e. The Hall–Kier alpha value is -4.01. The van der Waals surface area contributed by atoms with Gasteiger partial charge < -0.3 is 24.8 Å². The van der Waals surface area contributed by atoms with Crippen molar-refractivity contribution >= 4 is 34.6 Å². The van der Waals surface area contributed by atoms with E-state index in [1.807, 2.05) is 43.5 Å². The molecule has 200 valence electrons. The number of nitrogens with zero attached hydrogens (tertiary/aromatic N) is 3. The summed E-state index contributed by atoms with van der Waals surface area (Å²) in [7, 11) is 1.50. The summed E-state index contributed by atoms with van der Waals surface area (Å²) in [4.78, 5) is 19.0. The molecule has 3 heterocycles. The molecule has 1 fully saturated rings. The Bertz CT molecular complexity index is 1530. The Kier molecular flexibility index (Phi) is 7.50. The van der Waals surface area contributed by atoms with Crippen molar-refractivity contribution in [2.45, 2.75) is 39.8 Å². The predicted octanol–water partition coefficient (Wildman–Crippen LogP) is 5.87. The second-order valence-electron chi connectivity index (χ2n) is 9.98. The number of thiocarbonyl (C=S) groups is 1. The number of amides is 1.